The number of carboxylic acids is 7. The van der Waals surface area contributed by atoms with Gasteiger partial charge in [-0.3, -0.25) is 47.9 Å². The molecule has 0 aromatic carbocycles. The molecular weight excluding hydrogens is 984 g/mol. The summed E-state index contributed by atoms with van der Waals surface area (Å²) in [4.78, 5) is 136. The van der Waals surface area contributed by atoms with Crippen LogP contribution < -0.4 is 11.5 Å². The third-order valence-corrected chi connectivity index (χ3v) is 9.23. The first-order valence-electron chi connectivity index (χ1n) is 20.3. The Hall–Kier alpha value is -7.24. The maximum atomic E-state index is 11.8. The Morgan fingerprint density at radius 2 is 0.694 bits per heavy atom. The quantitative estimate of drug-likeness (QED) is 0.0344. The van der Waals surface area contributed by atoms with Crippen molar-refractivity contribution in [1.29, 1.82) is 0 Å². The molecule has 0 aromatic rings. The lowest BCUT2D eigenvalue weighted by Gasteiger charge is -2.21. The average Bonchev–Trinajstić information content (AvgIpc) is 4.05. The van der Waals surface area contributed by atoms with E-state index in [2.05, 4.69) is 17.9 Å². The van der Waals surface area contributed by atoms with Crippen molar-refractivity contribution in [2.24, 2.45) is 35.1 Å². The lowest BCUT2D eigenvalue weighted by Crippen LogP contribution is -2.37. The molecule has 4 fully saturated rings. The fourth-order valence-electron chi connectivity index (χ4n) is 5.79. The second-order valence-corrected chi connectivity index (χ2v) is 14.4. The molecule has 4 rings (SSSR count). The largest absolute Gasteiger partial charge is 0.481 e. The first-order valence-corrected chi connectivity index (χ1v) is 20.3. The smallest absolute Gasteiger partial charge is 0.331 e. The van der Waals surface area contributed by atoms with Gasteiger partial charge < -0.3 is 108 Å². The number of nitrogens with two attached hydrogens (primary N) is 2. The van der Waals surface area contributed by atoms with E-state index in [0.717, 1.165) is 0 Å². The van der Waals surface area contributed by atoms with E-state index in [1.807, 2.05) is 0 Å². The average molecular weight is 1050 g/mol. The molecular formula is C39H66N6O27. The highest BCUT2D eigenvalue weighted by atomic mass is 16.6. The van der Waals surface area contributed by atoms with E-state index in [4.69, 9.17) is 72.7 Å². The van der Waals surface area contributed by atoms with Gasteiger partial charge in [0.15, 0.2) is 6.79 Å². The zero-order chi connectivity index (χ0) is 54.8. The van der Waals surface area contributed by atoms with Gasteiger partial charge >= 0.3 is 47.8 Å². The van der Waals surface area contributed by atoms with Crippen LogP contribution in [0.3, 0.4) is 0 Å². The fraction of sp³-hybridized carbons (Fsp3) is 0.590. The van der Waals surface area contributed by atoms with E-state index < -0.39 is 105 Å². The van der Waals surface area contributed by atoms with Crippen LogP contribution >= 0.6 is 0 Å². The molecule has 20 N–H and O–H groups in total. The van der Waals surface area contributed by atoms with Crippen LogP contribution in [0.25, 0.3) is 0 Å². The summed E-state index contributed by atoms with van der Waals surface area (Å²) in [5.41, 5.74) is 9.20. The van der Waals surface area contributed by atoms with Crippen molar-refractivity contribution >= 4 is 71.4 Å². The summed E-state index contributed by atoms with van der Waals surface area (Å²) in [5.74, 6) is -12.1. The third-order valence-electron chi connectivity index (χ3n) is 9.23. The molecule has 0 aliphatic carbocycles. The Morgan fingerprint density at radius 1 is 0.472 bits per heavy atom. The molecule has 4 amide bonds. The number of likely N-dealkylation sites (tertiary alicyclic amines) is 4. The highest BCUT2D eigenvalue weighted by molar-refractivity contribution is 5.92. The van der Waals surface area contributed by atoms with Crippen LogP contribution in [0.1, 0.15) is 38.5 Å². The van der Waals surface area contributed by atoms with Crippen LogP contribution in [-0.2, 0) is 62.3 Å². The number of hydrogen-bond donors (Lipinski definition) is 14. The Labute approximate surface area is 409 Å². The number of carbonyl (C=O) groups excluding carboxylic acids is 5. The van der Waals surface area contributed by atoms with Crippen molar-refractivity contribution in [2.45, 2.75) is 38.5 Å². The number of amides is 4. The van der Waals surface area contributed by atoms with Gasteiger partial charge in [-0.1, -0.05) is 13.2 Å². The summed E-state index contributed by atoms with van der Waals surface area (Å²) in [7, 11) is 0. The first-order chi connectivity index (χ1) is 32.6. The second kappa shape index (κ2) is 40.5. The summed E-state index contributed by atoms with van der Waals surface area (Å²) in [6.07, 6.45) is -1.04. The van der Waals surface area contributed by atoms with Crippen molar-refractivity contribution in [3.8, 4) is 0 Å². The molecule has 0 bridgehead atoms. The number of ether oxygens (including phenoxy) is 1. The minimum absolute atomic E-state index is 0. The molecule has 33 nitrogen and oxygen atoms in total. The number of esters is 1. The number of hydrogen-bond acceptors (Lipinski definition) is 20. The molecule has 4 aliphatic heterocycles. The number of aliphatic hydroxyl groups is 5. The number of carboxylic acid groups (broad SMARTS) is 7. The summed E-state index contributed by atoms with van der Waals surface area (Å²) in [5, 5.41) is 95.8. The predicted molar refractivity (Wildman–Crippen MR) is 237 cm³/mol. The molecule has 33 heteroatoms. The minimum Gasteiger partial charge on any atom is -0.481 e. The van der Waals surface area contributed by atoms with Crippen LogP contribution in [0.15, 0.2) is 24.3 Å². The summed E-state index contributed by atoms with van der Waals surface area (Å²) in [6, 6.07) is 0. The molecule has 4 saturated heterocycles. The maximum Gasteiger partial charge on any atom is 0.331 e. The van der Waals surface area contributed by atoms with Crippen LogP contribution in [0.4, 0.5) is 0 Å². The molecule has 0 aromatic heterocycles. The Morgan fingerprint density at radius 3 is 0.847 bits per heavy atom. The normalized spacial score (nSPS) is 18.0. The van der Waals surface area contributed by atoms with Crippen molar-refractivity contribution in [2.75, 3.05) is 85.8 Å². The van der Waals surface area contributed by atoms with E-state index in [-0.39, 0.29) is 124 Å². The lowest BCUT2D eigenvalue weighted by atomic mass is 10.1. The monoisotopic (exact) mass is 1050 g/mol. The van der Waals surface area contributed by atoms with Crippen molar-refractivity contribution < 1.29 is 135 Å². The van der Waals surface area contributed by atoms with E-state index in [1.54, 1.807) is 0 Å². The first kappa shape index (κ1) is 73.7. The summed E-state index contributed by atoms with van der Waals surface area (Å²) in [6.45, 7) is 6.63. The molecule has 0 saturated carbocycles. The van der Waals surface area contributed by atoms with E-state index in [1.165, 1.54) is 19.6 Å². The Balaban J connectivity index is -0.000000272. The Bertz CT molecular complexity index is 1750. The number of rotatable bonds is 18. The molecule has 4 heterocycles. The topological polar surface area (TPSA) is 585 Å². The van der Waals surface area contributed by atoms with Crippen LogP contribution in [0, 0.1) is 23.7 Å². The van der Waals surface area contributed by atoms with Crippen molar-refractivity contribution in [3.63, 3.8) is 0 Å². The van der Waals surface area contributed by atoms with Crippen LogP contribution in [0.5, 0.6) is 0 Å². The maximum absolute atomic E-state index is 11.8. The van der Waals surface area contributed by atoms with Gasteiger partial charge in [-0.2, -0.15) is 0 Å². The SMILES string of the molecule is C=C(CC(=O)O)C(=O)O.C=C(CC(=O)O)C(=O)O.NCCN.O.O.O=C(O)C1CC(=O)N(CCN2CC(C(=O)O)CC2=O)C1.O=C(O)C1CC(=O)N(CCN2CC(C(=O)OCO)CC2=O)C1.OCO.OCO. The highest BCUT2D eigenvalue weighted by Gasteiger charge is 2.39. The standard InChI is InChI=1S/C13H18N2O7.C12H16N2O6.2C5H6O4.C2H8N2.2CH4O2.2H2O/c16-7-22-13(21)9-4-11(18)15(6-9)2-1-14-5-8(12(19)20)3-10(14)17;15-9-3-7(11(17)18)5-13(9)1-2-14-6-8(12(19)20)4-10(14)16;2*1-3(5(8)9)2-4(6)7;3-1-2-4;2*2-1-3;;/h8-9,16H,1-7H2,(H,19,20);7-8H,1-6H2,(H,17,18)(H,19,20);2*1-2H2,(H,6,7)(H,8,9);1-4H2;2*2-3H,1H2;2*1H2. The van der Waals surface area contributed by atoms with Gasteiger partial charge in [-0.15, -0.1) is 0 Å². The molecule has 0 spiro atoms. The highest BCUT2D eigenvalue weighted by Crippen LogP contribution is 2.22. The lowest BCUT2D eigenvalue weighted by molar-refractivity contribution is -0.156. The van der Waals surface area contributed by atoms with Gasteiger partial charge in [0.1, 0.15) is 13.6 Å². The summed E-state index contributed by atoms with van der Waals surface area (Å²) >= 11 is 0. The fourth-order valence-corrected chi connectivity index (χ4v) is 5.79. The van der Waals surface area contributed by atoms with Crippen LogP contribution in [-0.4, -0.2) is 249 Å². The van der Waals surface area contributed by atoms with Gasteiger partial charge in [-0.05, 0) is 0 Å². The van der Waals surface area contributed by atoms with Gasteiger partial charge in [0.2, 0.25) is 23.6 Å². The second-order valence-electron chi connectivity index (χ2n) is 14.4. The van der Waals surface area contributed by atoms with Gasteiger partial charge in [0.25, 0.3) is 0 Å². The van der Waals surface area contributed by atoms with Crippen molar-refractivity contribution in [3.05, 3.63) is 24.3 Å². The van der Waals surface area contributed by atoms with Gasteiger partial charge in [0, 0.05) is 102 Å². The zero-order valence-corrected chi connectivity index (χ0v) is 38.8. The van der Waals surface area contributed by atoms with E-state index in [0.29, 0.717) is 13.1 Å². The molecule has 4 aliphatic rings. The Kier molecular flexibility index (Phi) is 41.5. The zero-order valence-electron chi connectivity index (χ0n) is 38.8. The molecule has 4 atom stereocenters. The van der Waals surface area contributed by atoms with E-state index in [9.17, 15) is 57.5 Å². The molecule has 414 valence electrons. The van der Waals surface area contributed by atoms with Gasteiger partial charge in [-0.25, -0.2) is 9.59 Å². The van der Waals surface area contributed by atoms with Crippen LogP contribution in [0.2, 0.25) is 0 Å². The summed E-state index contributed by atoms with van der Waals surface area (Å²) < 4.78 is 4.47. The molecule has 4 unspecified atom stereocenters. The number of aliphatic carboxylic acids is 7. The van der Waals surface area contributed by atoms with E-state index >= 15 is 0 Å². The third kappa shape index (κ3) is 31.8. The number of nitrogens with zero attached hydrogens (tertiary/aromatic N) is 4. The predicted octanol–water partition coefficient (Wildman–Crippen LogP) is -7.57. The minimum atomic E-state index is -1.27. The number of carbonyl (C=O) groups is 12. The number of aliphatic hydroxyl groups excluding tert-OH is 3. The van der Waals surface area contributed by atoms with Gasteiger partial charge in [0.05, 0.1) is 36.5 Å². The molecule has 0 radical (unpaired) electrons. The van der Waals surface area contributed by atoms with Crippen molar-refractivity contribution in [1.82, 2.24) is 19.6 Å². The molecule has 72 heavy (non-hydrogen) atoms.